The topological polar surface area (TPSA) is 17.1 Å². The van der Waals surface area contributed by atoms with Gasteiger partial charge in [0.05, 0.1) is 0 Å². The number of allylic oxidation sites excluding steroid dienone is 1. The monoisotopic (exact) mass is 154 g/mol. The predicted molar refractivity (Wildman–Crippen MR) is 48.4 cm³/mol. The molecule has 64 valence electrons. The van der Waals surface area contributed by atoms with Gasteiger partial charge in [0.2, 0.25) is 0 Å². The lowest BCUT2D eigenvalue weighted by molar-refractivity contribution is -0.122. The van der Waals surface area contributed by atoms with Crippen LogP contribution in [0.5, 0.6) is 0 Å². The second kappa shape index (κ2) is 5.11. The zero-order chi connectivity index (χ0) is 8.85. The second-order valence-corrected chi connectivity index (χ2v) is 3.17. The smallest absolute Gasteiger partial charge is 0.135 e. The second-order valence-electron chi connectivity index (χ2n) is 3.17. The van der Waals surface area contributed by atoms with Gasteiger partial charge in [-0.1, -0.05) is 26.8 Å². The minimum atomic E-state index is 0.202. The molecule has 1 nitrogen and oxygen atoms in total. The van der Waals surface area contributed by atoms with Gasteiger partial charge in [-0.3, -0.25) is 4.79 Å². The van der Waals surface area contributed by atoms with E-state index < -0.39 is 0 Å². The highest BCUT2D eigenvalue weighted by Crippen LogP contribution is 2.14. The van der Waals surface area contributed by atoms with Gasteiger partial charge in [0.1, 0.15) is 5.78 Å². The molecular weight excluding hydrogens is 136 g/mol. The third-order valence-corrected chi connectivity index (χ3v) is 2.03. The van der Waals surface area contributed by atoms with Gasteiger partial charge in [0, 0.05) is 12.3 Å². The summed E-state index contributed by atoms with van der Waals surface area (Å²) in [6.07, 6.45) is 3.50. The average Bonchev–Trinajstić information content (AvgIpc) is 2.02. The molecule has 0 N–H and O–H groups in total. The van der Waals surface area contributed by atoms with Gasteiger partial charge in [-0.15, -0.1) is 6.58 Å². The van der Waals surface area contributed by atoms with Gasteiger partial charge in [-0.05, 0) is 12.3 Å². The molecule has 0 aliphatic heterocycles. The minimum Gasteiger partial charge on any atom is -0.299 e. The van der Waals surface area contributed by atoms with Crippen LogP contribution in [-0.4, -0.2) is 5.78 Å². The Hall–Kier alpha value is -0.590. The van der Waals surface area contributed by atoms with Gasteiger partial charge in [0.25, 0.3) is 0 Å². The van der Waals surface area contributed by atoms with Crippen molar-refractivity contribution in [1.82, 2.24) is 0 Å². The van der Waals surface area contributed by atoms with Crippen molar-refractivity contribution in [3.63, 3.8) is 0 Å². The first-order valence-electron chi connectivity index (χ1n) is 4.27. The van der Waals surface area contributed by atoms with Gasteiger partial charge in [-0.2, -0.15) is 0 Å². The first kappa shape index (κ1) is 10.4. The first-order chi connectivity index (χ1) is 5.11. The van der Waals surface area contributed by atoms with E-state index in [1.165, 1.54) is 0 Å². The number of carbonyl (C=O) groups is 1. The summed E-state index contributed by atoms with van der Waals surface area (Å²) in [6.45, 7) is 9.68. The van der Waals surface area contributed by atoms with Crippen LogP contribution < -0.4 is 0 Å². The summed E-state index contributed by atoms with van der Waals surface area (Å²) in [7, 11) is 0. The fraction of sp³-hybridized carbons (Fsp3) is 0.700. The van der Waals surface area contributed by atoms with Crippen LogP contribution in [0.25, 0.3) is 0 Å². The van der Waals surface area contributed by atoms with E-state index in [9.17, 15) is 4.79 Å². The fourth-order valence-electron chi connectivity index (χ4n) is 1.13. The molecule has 0 aromatic rings. The summed E-state index contributed by atoms with van der Waals surface area (Å²) in [6, 6.07) is 0. The molecule has 0 aliphatic carbocycles. The Labute approximate surface area is 69.5 Å². The van der Waals surface area contributed by atoms with Crippen LogP contribution in [0.2, 0.25) is 0 Å². The third kappa shape index (κ3) is 3.97. The molecule has 0 aromatic carbocycles. The molecule has 0 fully saturated rings. The molecule has 0 heterocycles. The summed E-state index contributed by atoms with van der Waals surface area (Å²) in [5.74, 6) is 1.02. The van der Waals surface area contributed by atoms with Crippen molar-refractivity contribution in [2.45, 2.75) is 33.6 Å². The van der Waals surface area contributed by atoms with Crippen LogP contribution in [0.15, 0.2) is 12.7 Å². The average molecular weight is 154 g/mol. The molecule has 1 heteroatoms. The van der Waals surface area contributed by atoms with Crippen molar-refractivity contribution in [3.8, 4) is 0 Å². The first-order valence-corrected chi connectivity index (χ1v) is 4.27. The van der Waals surface area contributed by atoms with E-state index in [0.29, 0.717) is 18.1 Å². The summed E-state index contributed by atoms with van der Waals surface area (Å²) in [5.41, 5.74) is 0. The van der Waals surface area contributed by atoms with E-state index in [2.05, 4.69) is 13.5 Å². The normalized spacial score (nSPS) is 15.5. The summed E-state index contributed by atoms with van der Waals surface area (Å²) in [5, 5.41) is 0. The standard InChI is InChI=1S/C10H18O/c1-5-8(3)7-9(4)10(11)6-2/h5,8-9H,1,6-7H2,2-4H3/t8-,9+/m0/s1. The SMILES string of the molecule is C=C[C@H](C)C[C@@H](C)C(=O)CC. The molecular formula is C10H18O. The maximum absolute atomic E-state index is 11.1. The van der Waals surface area contributed by atoms with Crippen molar-refractivity contribution in [3.05, 3.63) is 12.7 Å². The lowest BCUT2D eigenvalue weighted by Gasteiger charge is -2.11. The maximum Gasteiger partial charge on any atom is 0.135 e. The van der Waals surface area contributed by atoms with E-state index >= 15 is 0 Å². The number of rotatable bonds is 5. The molecule has 0 aromatic heterocycles. The molecule has 0 amide bonds. The molecule has 0 saturated heterocycles. The van der Waals surface area contributed by atoms with E-state index in [0.717, 1.165) is 6.42 Å². The summed E-state index contributed by atoms with van der Waals surface area (Å²) >= 11 is 0. The van der Waals surface area contributed by atoms with Crippen molar-refractivity contribution < 1.29 is 4.79 Å². The molecule has 0 unspecified atom stereocenters. The van der Waals surface area contributed by atoms with Crippen LogP contribution in [-0.2, 0) is 4.79 Å². The van der Waals surface area contributed by atoms with E-state index in [1.54, 1.807) is 0 Å². The van der Waals surface area contributed by atoms with Crippen LogP contribution in [0.1, 0.15) is 33.6 Å². The van der Waals surface area contributed by atoms with Crippen LogP contribution >= 0.6 is 0 Å². The predicted octanol–water partition coefficient (Wildman–Crippen LogP) is 2.81. The summed E-state index contributed by atoms with van der Waals surface area (Å²) < 4.78 is 0. The van der Waals surface area contributed by atoms with E-state index in [1.807, 2.05) is 19.9 Å². The Morgan fingerprint density at radius 2 is 2.09 bits per heavy atom. The van der Waals surface area contributed by atoms with Crippen LogP contribution in [0.4, 0.5) is 0 Å². The molecule has 2 atom stereocenters. The quantitative estimate of drug-likeness (QED) is 0.556. The third-order valence-electron chi connectivity index (χ3n) is 2.03. The van der Waals surface area contributed by atoms with Crippen molar-refractivity contribution in [2.24, 2.45) is 11.8 Å². The highest BCUT2D eigenvalue weighted by Gasteiger charge is 2.12. The Morgan fingerprint density at radius 3 is 2.45 bits per heavy atom. The molecule has 0 aliphatic rings. The Morgan fingerprint density at radius 1 is 1.55 bits per heavy atom. The van der Waals surface area contributed by atoms with Gasteiger partial charge >= 0.3 is 0 Å². The molecule has 0 saturated carbocycles. The highest BCUT2D eigenvalue weighted by atomic mass is 16.1. The lowest BCUT2D eigenvalue weighted by atomic mass is 9.93. The molecule has 0 radical (unpaired) electrons. The largest absolute Gasteiger partial charge is 0.299 e. The number of carbonyl (C=O) groups excluding carboxylic acids is 1. The Balaban J connectivity index is 3.76. The zero-order valence-corrected chi connectivity index (χ0v) is 7.76. The van der Waals surface area contributed by atoms with Gasteiger partial charge < -0.3 is 0 Å². The molecule has 0 bridgehead atoms. The molecule has 11 heavy (non-hydrogen) atoms. The van der Waals surface area contributed by atoms with E-state index in [4.69, 9.17) is 0 Å². The van der Waals surface area contributed by atoms with Crippen molar-refractivity contribution in [2.75, 3.05) is 0 Å². The minimum absolute atomic E-state index is 0.202. The maximum atomic E-state index is 11.1. The molecule has 0 spiro atoms. The fourth-order valence-corrected chi connectivity index (χ4v) is 1.13. The van der Waals surface area contributed by atoms with Crippen molar-refractivity contribution >= 4 is 5.78 Å². The number of hydrogen-bond donors (Lipinski definition) is 0. The van der Waals surface area contributed by atoms with Crippen molar-refractivity contribution in [1.29, 1.82) is 0 Å². The summed E-state index contributed by atoms with van der Waals surface area (Å²) in [4.78, 5) is 11.1. The van der Waals surface area contributed by atoms with E-state index in [-0.39, 0.29) is 5.92 Å². The zero-order valence-electron chi connectivity index (χ0n) is 7.76. The number of ketones is 1. The number of Topliss-reactive ketones (excluding diaryl/α,β-unsaturated/α-hetero) is 1. The van der Waals surface area contributed by atoms with Gasteiger partial charge in [0.15, 0.2) is 0 Å². The lowest BCUT2D eigenvalue weighted by Crippen LogP contribution is -2.11. The Bertz CT molecular complexity index is 138. The molecule has 0 rings (SSSR count). The van der Waals surface area contributed by atoms with Crippen LogP contribution in [0.3, 0.4) is 0 Å². The highest BCUT2D eigenvalue weighted by molar-refractivity contribution is 5.80. The number of hydrogen-bond acceptors (Lipinski definition) is 1. The van der Waals surface area contributed by atoms with Crippen LogP contribution in [0, 0.1) is 11.8 Å². The Kier molecular flexibility index (Phi) is 4.84. The van der Waals surface area contributed by atoms with Gasteiger partial charge in [-0.25, -0.2) is 0 Å².